The number of rotatable bonds is 4. The van der Waals surface area contributed by atoms with Gasteiger partial charge >= 0.3 is 0 Å². The summed E-state index contributed by atoms with van der Waals surface area (Å²) in [5, 5.41) is 4.31. The number of hydrogen-bond acceptors (Lipinski definition) is 2. The molecule has 1 saturated heterocycles. The van der Waals surface area contributed by atoms with Gasteiger partial charge in [-0.15, -0.1) is 0 Å². The molecule has 104 valence electrons. The predicted molar refractivity (Wildman–Crippen MR) is 78.8 cm³/mol. The first kappa shape index (κ1) is 14.6. The highest BCUT2D eigenvalue weighted by molar-refractivity contribution is 6.42. The number of nitrogens with one attached hydrogen (secondary N) is 1. The molecule has 1 N–H and O–H groups in total. The van der Waals surface area contributed by atoms with Crippen molar-refractivity contribution in [3.8, 4) is 0 Å². The normalized spacial score (nSPS) is 18.6. The summed E-state index contributed by atoms with van der Waals surface area (Å²) in [6, 6.07) is 5.68. The molecular weight excluding hydrogens is 283 g/mol. The number of hydrogen-bond donors (Lipinski definition) is 1. The minimum atomic E-state index is 0.148. The zero-order chi connectivity index (χ0) is 13.8. The average molecular weight is 301 g/mol. The van der Waals surface area contributed by atoms with E-state index in [0.29, 0.717) is 22.5 Å². The van der Waals surface area contributed by atoms with Crippen molar-refractivity contribution in [1.82, 2.24) is 10.2 Å². The van der Waals surface area contributed by atoms with Crippen molar-refractivity contribution >= 4 is 29.1 Å². The molecule has 1 atom stereocenters. The lowest BCUT2D eigenvalue weighted by Crippen LogP contribution is -2.42. The van der Waals surface area contributed by atoms with E-state index in [1.54, 1.807) is 12.1 Å². The molecule has 1 unspecified atom stereocenters. The summed E-state index contributed by atoms with van der Waals surface area (Å²) in [6.07, 6.45) is 1.40. The average Bonchev–Trinajstić information content (AvgIpc) is 2.88. The van der Waals surface area contributed by atoms with Crippen LogP contribution in [0.5, 0.6) is 0 Å². The third-order valence-electron chi connectivity index (χ3n) is 3.48. The Labute approximate surface area is 123 Å². The molecule has 1 amide bonds. The van der Waals surface area contributed by atoms with Crippen LogP contribution in [0.25, 0.3) is 0 Å². The van der Waals surface area contributed by atoms with Gasteiger partial charge in [-0.05, 0) is 37.6 Å². The van der Waals surface area contributed by atoms with Crippen molar-refractivity contribution in [3.63, 3.8) is 0 Å². The topological polar surface area (TPSA) is 32.3 Å². The molecule has 1 aliphatic heterocycles. The van der Waals surface area contributed by atoms with E-state index in [2.05, 4.69) is 5.32 Å². The minimum Gasteiger partial charge on any atom is -0.338 e. The van der Waals surface area contributed by atoms with Gasteiger partial charge in [0.2, 0.25) is 5.91 Å². The summed E-state index contributed by atoms with van der Waals surface area (Å²) in [6.45, 7) is 4.64. The van der Waals surface area contributed by atoms with Gasteiger partial charge < -0.3 is 10.2 Å². The van der Waals surface area contributed by atoms with Gasteiger partial charge in [0.25, 0.3) is 0 Å². The predicted octanol–water partition coefficient (Wildman–Crippen LogP) is 2.75. The van der Waals surface area contributed by atoms with Crippen LogP contribution < -0.4 is 5.32 Å². The number of likely N-dealkylation sites (N-methyl/N-ethyl adjacent to an activating group) is 1. The molecule has 0 aliphatic carbocycles. The molecule has 1 aromatic rings. The van der Waals surface area contributed by atoms with Crippen LogP contribution in [0.2, 0.25) is 10.0 Å². The first-order chi connectivity index (χ1) is 9.11. The quantitative estimate of drug-likeness (QED) is 0.927. The SMILES string of the molecule is CCN(C(=O)Cc1ccc(Cl)c(Cl)c1)C1CCNC1. The van der Waals surface area contributed by atoms with E-state index in [9.17, 15) is 4.79 Å². The van der Waals surface area contributed by atoms with Crippen molar-refractivity contribution in [2.45, 2.75) is 25.8 Å². The van der Waals surface area contributed by atoms with Gasteiger partial charge in [-0.1, -0.05) is 29.3 Å². The fraction of sp³-hybridized carbons (Fsp3) is 0.500. The maximum absolute atomic E-state index is 12.3. The van der Waals surface area contributed by atoms with E-state index in [4.69, 9.17) is 23.2 Å². The lowest BCUT2D eigenvalue weighted by Gasteiger charge is -2.27. The van der Waals surface area contributed by atoms with Gasteiger partial charge in [0.05, 0.1) is 16.5 Å². The monoisotopic (exact) mass is 300 g/mol. The lowest BCUT2D eigenvalue weighted by atomic mass is 10.1. The molecular formula is C14H18Cl2N2O. The Morgan fingerprint density at radius 1 is 1.42 bits per heavy atom. The van der Waals surface area contributed by atoms with E-state index in [1.165, 1.54) is 0 Å². The molecule has 1 aliphatic rings. The van der Waals surface area contributed by atoms with Crippen LogP contribution in [-0.2, 0) is 11.2 Å². The molecule has 1 heterocycles. The van der Waals surface area contributed by atoms with E-state index in [-0.39, 0.29) is 5.91 Å². The van der Waals surface area contributed by atoms with Crippen LogP contribution in [0, 0.1) is 0 Å². The fourth-order valence-corrected chi connectivity index (χ4v) is 2.79. The summed E-state index contributed by atoms with van der Waals surface area (Å²) in [5.41, 5.74) is 0.906. The van der Waals surface area contributed by atoms with Crippen molar-refractivity contribution in [3.05, 3.63) is 33.8 Å². The zero-order valence-corrected chi connectivity index (χ0v) is 12.5. The molecule has 5 heteroatoms. The number of halogens is 2. The molecule has 2 rings (SSSR count). The fourth-order valence-electron chi connectivity index (χ4n) is 2.47. The van der Waals surface area contributed by atoms with Crippen LogP contribution in [0.4, 0.5) is 0 Å². The van der Waals surface area contributed by atoms with Crippen LogP contribution in [-0.4, -0.2) is 36.5 Å². The van der Waals surface area contributed by atoms with Gasteiger partial charge in [-0.25, -0.2) is 0 Å². The first-order valence-corrected chi connectivity index (χ1v) is 7.31. The molecule has 0 aromatic heterocycles. The van der Waals surface area contributed by atoms with E-state index in [1.807, 2.05) is 17.9 Å². The second kappa shape index (κ2) is 6.60. The van der Waals surface area contributed by atoms with Gasteiger partial charge in [-0.3, -0.25) is 4.79 Å². The number of amides is 1. The number of carbonyl (C=O) groups is 1. The Balaban J connectivity index is 2.03. The van der Waals surface area contributed by atoms with Crippen molar-refractivity contribution in [2.24, 2.45) is 0 Å². The Bertz CT molecular complexity index is 459. The summed E-state index contributed by atoms with van der Waals surface area (Å²) >= 11 is 11.8. The number of nitrogens with zero attached hydrogens (tertiary/aromatic N) is 1. The number of benzene rings is 1. The van der Waals surface area contributed by atoms with Gasteiger partial charge in [-0.2, -0.15) is 0 Å². The van der Waals surface area contributed by atoms with Crippen LogP contribution in [0.3, 0.4) is 0 Å². The molecule has 0 radical (unpaired) electrons. The van der Waals surface area contributed by atoms with Gasteiger partial charge in [0.15, 0.2) is 0 Å². The highest BCUT2D eigenvalue weighted by atomic mass is 35.5. The Kier molecular flexibility index (Phi) is 5.08. The number of carbonyl (C=O) groups excluding carboxylic acids is 1. The van der Waals surface area contributed by atoms with Crippen LogP contribution >= 0.6 is 23.2 Å². The molecule has 0 bridgehead atoms. The van der Waals surface area contributed by atoms with Crippen molar-refractivity contribution in [2.75, 3.05) is 19.6 Å². The van der Waals surface area contributed by atoms with E-state index in [0.717, 1.165) is 31.6 Å². The molecule has 0 spiro atoms. The molecule has 0 saturated carbocycles. The van der Waals surface area contributed by atoms with E-state index < -0.39 is 0 Å². The second-order valence-electron chi connectivity index (χ2n) is 4.75. The summed E-state index contributed by atoms with van der Waals surface area (Å²) in [5.74, 6) is 0.148. The molecule has 3 nitrogen and oxygen atoms in total. The van der Waals surface area contributed by atoms with Crippen molar-refractivity contribution in [1.29, 1.82) is 0 Å². The van der Waals surface area contributed by atoms with Crippen molar-refractivity contribution < 1.29 is 4.79 Å². The minimum absolute atomic E-state index is 0.148. The second-order valence-corrected chi connectivity index (χ2v) is 5.57. The summed E-state index contributed by atoms with van der Waals surface area (Å²) in [7, 11) is 0. The smallest absolute Gasteiger partial charge is 0.227 e. The van der Waals surface area contributed by atoms with E-state index >= 15 is 0 Å². The first-order valence-electron chi connectivity index (χ1n) is 6.56. The zero-order valence-electron chi connectivity index (χ0n) is 11.0. The Morgan fingerprint density at radius 3 is 2.79 bits per heavy atom. The standard InChI is InChI=1S/C14H18Cl2N2O/c1-2-18(11-5-6-17-9-11)14(19)8-10-3-4-12(15)13(16)7-10/h3-4,7,11,17H,2,5-6,8-9H2,1H3. The molecule has 1 aromatic carbocycles. The lowest BCUT2D eigenvalue weighted by molar-refractivity contribution is -0.132. The summed E-state index contributed by atoms with van der Waals surface area (Å²) < 4.78 is 0. The molecule has 19 heavy (non-hydrogen) atoms. The Hall–Kier alpha value is -0.770. The molecule has 1 fully saturated rings. The maximum atomic E-state index is 12.3. The highest BCUT2D eigenvalue weighted by Gasteiger charge is 2.25. The third-order valence-corrected chi connectivity index (χ3v) is 4.21. The third kappa shape index (κ3) is 3.62. The van der Waals surface area contributed by atoms with Crippen LogP contribution in [0.1, 0.15) is 18.9 Å². The largest absolute Gasteiger partial charge is 0.338 e. The maximum Gasteiger partial charge on any atom is 0.227 e. The van der Waals surface area contributed by atoms with Crippen LogP contribution in [0.15, 0.2) is 18.2 Å². The summed E-state index contributed by atoms with van der Waals surface area (Å²) in [4.78, 5) is 14.3. The highest BCUT2D eigenvalue weighted by Crippen LogP contribution is 2.23. The Morgan fingerprint density at radius 2 is 2.21 bits per heavy atom. The van der Waals surface area contributed by atoms with Gasteiger partial charge in [0.1, 0.15) is 0 Å². The van der Waals surface area contributed by atoms with Gasteiger partial charge in [0, 0.05) is 19.1 Å².